The van der Waals surface area contributed by atoms with Crippen LogP contribution in [0.3, 0.4) is 0 Å². The Hall–Kier alpha value is -4.43. The first kappa shape index (κ1) is 28.7. The van der Waals surface area contributed by atoms with E-state index in [1.54, 1.807) is 24.3 Å². The summed E-state index contributed by atoms with van der Waals surface area (Å²) in [6.45, 7) is 0. The van der Waals surface area contributed by atoms with E-state index in [-0.39, 0.29) is 11.5 Å². The molecule has 0 heterocycles. The highest BCUT2D eigenvalue weighted by molar-refractivity contribution is 8.17. The van der Waals surface area contributed by atoms with Crippen LogP contribution < -0.4 is 8.37 Å². The number of hydrogen-bond acceptors (Lipinski definition) is 4. The van der Waals surface area contributed by atoms with E-state index in [9.17, 15) is 8.42 Å². The monoisotopic (exact) mass is 622 g/mol. The molecule has 6 aromatic carbocycles. The molecule has 0 unspecified atom stereocenters. The van der Waals surface area contributed by atoms with Gasteiger partial charge >= 0.3 is 10.4 Å². The summed E-state index contributed by atoms with van der Waals surface area (Å²) in [7, 11) is -5.97. The maximum atomic E-state index is 12.9. The van der Waals surface area contributed by atoms with Crippen LogP contribution in [0.5, 0.6) is 11.5 Å². The molecule has 0 aliphatic carbocycles. The van der Waals surface area contributed by atoms with Crippen LogP contribution in [0, 0.1) is 0 Å². The molecule has 0 bridgehead atoms. The third kappa shape index (κ3) is 7.14. The molecule has 7 heteroatoms. The van der Waals surface area contributed by atoms with Crippen molar-refractivity contribution in [3.05, 3.63) is 170 Å². The maximum absolute atomic E-state index is 12.9. The molecule has 6 rings (SSSR count). The molecule has 0 radical (unpaired) electrons. The number of hydrogen-bond donors (Lipinski definition) is 2. The molecule has 0 aliphatic rings. The Kier molecular flexibility index (Phi) is 8.84. The molecule has 0 aromatic heterocycles. The summed E-state index contributed by atoms with van der Waals surface area (Å²) < 4.78 is 36.4. The van der Waals surface area contributed by atoms with Gasteiger partial charge in [0.2, 0.25) is 0 Å². The van der Waals surface area contributed by atoms with E-state index in [1.807, 2.05) is 97.1 Å². The second kappa shape index (κ2) is 13.3. The molecule has 0 atom stereocenters. The Bertz CT molecular complexity index is 1640. The van der Waals surface area contributed by atoms with Gasteiger partial charge in [-0.15, -0.1) is 8.42 Å². The molecule has 43 heavy (non-hydrogen) atoms. The van der Waals surface area contributed by atoms with Crippen LogP contribution in [-0.4, -0.2) is 8.42 Å². The van der Waals surface area contributed by atoms with Crippen molar-refractivity contribution >= 4 is 32.2 Å². The van der Waals surface area contributed by atoms with Crippen molar-refractivity contribution in [2.75, 3.05) is 0 Å². The molecule has 0 saturated carbocycles. The molecule has 4 nitrogen and oxygen atoms in total. The zero-order valence-electron chi connectivity index (χ0n) is 23.1. The van der Waals surface area contributed by atoms with Gasteiger partial charge in [-0.3, -0.25) is 0 Å². The molecule has 6 aromatic rings. The lowest BCUT2D eigenvalue weighted by Gasteiger charge is -2.23. The van der Waals surface area contributed by atoms with Crippen LogP contribution >= 0.6 is 21.8 Å². The summed E-state index contributed by atoms with van der Waals surface area (Å²) in [5.41, 5.74) is 0. The SMILES string of the molecule is O=S(=O)(Oc1ccc([SH](c2ccccc2)c2ccccc2)cc1)Oc1ccc([SH](c2ccccc2)c2ccccc2)cc1. The molecule has 216 valence electrons. The first-order valence-corrected chi connectivity index (χ1v) is 17.7. The van der Waals surface area contributed by atoms with Crippen molar-refractivity contribution < 1.29 is 16.8 Å². The van der Waals surface area contributed by atoms with Gasteiger partial charge in [-0.2, -0.15) is 21.8 Å². The normalized spacial score (nSPS) is 11.8. The van der Waals surface area contributed by atoms with Gasteiger partial charge in [-0.05, 0) is 126 Å². The Labute approximate surface area is 258 Å². The van der Waals surface area contributed by atoms with Gasteiger partial charge in [0, 0.05) is 0 Å². The van der Waals surface area contributed by atoms with Crippen molar-refractivity contribution in [2.45, 2.75) is 29.4 Å². The predicted octanol–water partition coefficient (Wildman–Crippen LogP) is 9.35. The van der Waals surface area contributed by atoms with E-state index in [4.69, 9.17) is 8.37 Å². The molecule has 0 amide bonds. The summed E-state index contributed by atoms with van der Waals surface area (Å²) in [5, 5.41) is 0. The van der Waals surface area contributed by atoms with Crippen molar-refractivity contribution in [1.82, 2.24) is 0 Å². The fourth-order valence-electron chi connectivity index (χ4n) is 4.76. The fourth-order valence-corrected chi connectivity index (χ4v) is 10.0. The zero-order chi connectivity index (χ0) is 29.5. The maximum Gasteiger partial charge on any atom is 0.500 e. The van der Waals surface area contributed by atoms with E-state index in [1.165, 1.54) is 19.6 Å². The predicted molar refractivity (Wildman–Crippen MR) is 176 cm³/mol. The standard InChI is InChI=1S/C36H30O4S3/c37-43(38,39-29-21-25-35(26-22-29)41(31-13-5-1-6-14-31)32-15-7-2-8-16-32)40-30-23-27-36(28-24-30)42(33-17-9-3-10-18-33)34-19-11-4-12-20-34/h1-28,41-42H. The van der Waals surface area contributed by atoms with E-state index in [0.29, 0.717) is 0 Å². The summed E-state index contributed by atoms with van der Waals surface area (Å²) in [5.74, 6) is 0.376. The lowest BCUT2D eigenvalue weighted by atomic mass is 10.3. The second-order valence-corrected chi connectivity index (χ2v) is 15.2. The summed E-state index contributed by atoms with van der Waals surface area (Å²) >= 11 is 0. The molecule has 0 saturated heterocycles. The van der Waals surface area contributed by atoms with Crippen molar-refractivity contribution in [3.63, 3.8) is 0 Å². The third-order valence-electron chi connectivity index (χ3n) is 6.64. The van der Waals surface area contributed by atoms with Gasteiger partial charge < -0.3 is 8.37 Å². The van der Waals surface area contributed by atoms with Gasteiger partial charge in [-0.1, -0.05) is 72.8 Å². The van der Waals surface area contributed by atoms with E-state index < -0.39 is 32.2 Å². The molecular formula is C36H30O4S3. The average molecular weight is 623 g/mol. The van der Waals surface area contributed by atoms with Gasteiger partial charge in [0.1, 0.15) is 11.5 Å². The van der Waals surface area contributed by atoms with Crippen LogP contribution in [0.15, 0.2) is 199 Å². The summed E-state index contributed by atoms with van der Waals surface area (Å²) in [6.07, 6.45) is 0. The number of rotatable bonds is 10. The number of thiol groups is 2. The molecule has 0 spiro atoms. The highest BCUT2D eigenvalue weighted by Gasteiger charge is 2.19. The first-order valence-electron chi connectivity index (χ1n) is 13.7. The minimum atomic E-state index is -4.35. The fraction of sp³-hybridized carbons (Fsp3) is 0. The molecular weight excluding hydrogens is 593 g/mol. The Balaban J connectivity index is 1.18. The summed E-state index contributed by atoms with van der Waals surface area (Å²) in [4.78, 5) is 7.00. The molecule has 0 N–H and O–H groups in total. The Morgan fingerprint density at radius 2 is 0.558 bits per heavy atom. The van der Waals surface area contributed by atoms with E-state index >= 15 is 0 Å². The van der Waals surface area contributed by atoms with Crippen molar-refractivity contribution in [3.8, 4) is 11.5 Å². The lowest BCUT2D eigenvalue weighted by Crippen LogP contribution is -2.16. The van der Waals surface area contributed by atoms with Crippen LogP contribution in [-0.2, 0) is 10.4 Å². The second-order valence-electron chi connectivity index (χ2n) is 9.58. The van der Waals surface area contributed by atoms with Crippen molar-refractivity contribution in [1.29, 1.82) is 0 Å². The summed E-state index contributed by atoms with van der Waals surface area (Å²) in [6, 6.07) is 55.6. The topological polar surface area (TPSA) is 52.6 Å². The molecule has 0 fully saturated rings. The van der Waals surface area contributed by atoms with E-state index in [2.05, 4.69) is 48.5 Å². The zero-order valence-corrected chi connectivity index (χ0v) is 25.7. The van der Waals surface area contributed by atoms with Crippen molar-refractivity contribution in [2.24, 2.45) is 0 Å². The van der Waals surface area contributed by atoms with Crippen LogP contribution in [0.4, 0.5) is 0 Å². The van der Waals surface area contributed by atoms with Gasteiger partial charge in [0.25, 0.3) is 0 Å². The quantitative estimate of drug-likeness (QED) is 0.150. The highest BCUT2D eigenvalue weighted by Crippen LogP contribution is 2.52. The largest absolute Gasteiger partial charge is 0.500 e. The van der Waals surface area contributed by atoms with E-state index in [0.717, 1.165) is 9.79 Å². The van der Waals surface area contributed by atoms with Gasteiger partial charge in [-0.25, -0.2) is 0 Å². The van der Waals surface area contributed by atoms with Gasteiger partial charge in [0.15, 0.2) is 0 Å². The Morgan fingerprint density at radius 3 is 0.814 bits per heavy atom. The van der Waals surface area contributed by atoms with Crippen LogP contribution in [0.25, 0.3) is 0 Å². The number of benzene rings is 6. The lowest BCUT2D eigenvalue weighted by molar-refractivity contribution is 0.392. The first-order chi connectivity index (χ1) is 21.1. The third-order valence-corrected chi connectivity index (χ3v) is 12.3. The van der Waals surface area contributed by atoms with Crippen LogP contribution in [0.1, 0.15) is 0 Å². The minimum absolute atomic E-state index is 0.188. The highest BCUT2D eigenvalue weighted by atomic mass is 32.3. The Morgan fingerprint density at radius 1 is 0.326 bits per heavy atom. The van der Waals surface area contributed by atoms with Gasteiger partial charge in [0.05, 0.1) is 0 Å². The average Bonchev–Trinajstić information content (AvgIpc) is 3.05. The van der Waals surface area contributed by atoms with Crippen LogP contribution in [0.2, 0.25) is 0 Å². The minimum Gasteiger partial charge on any atom is -0.353 e. The smallest absolute Gasteiger partial charge is 0.353 e. The molecule has 0 aliphatic heterocycles.